The molecule has 1 saturated heterocycles. The number of hydrogen-bond donors (Lipinski definition) is 1. The molecule has 7 heteroatoms. The number of amides is 1. The van der Waals surface area contributed by atoms with Crippen molar-refractivity contribution in [1.29, 1.82) is 0 Å². The number of anilines is 1. The Bertz CT molecular complexity index is 449. The number of carbonyl (C=O) groups excluding carboxylic acids is 1. The fourth-order valence-corrected chi connectivity index (χ4v) is 1.98. The first-order valence-electron chi connectivity index (χ1n) is 6.78. The molecule has 0 aromatic carbocycles. The maximum absolute atomic E-state index is 12.2. The molecule has 0 aliphatic carbocycles. The highest BCUT2D eigenvalue weighted by Crippen LogP contribution is 2.11. The van der Waals surface area contributed by atoms with Crippen LogP contribution >= 0.6 is 0 Å². The number of nitrogens with one attached hydrogen (secondary N) is 1. The largest absolute Gasteiger partial charge is 0.477 e. The number of ether oxygens (including phenoxy) is 2. The Morgan fingerprint density at radius 3 is 2.95 bits per heavy atom. The molecule has 1 aromatic heterocycles. The topological polar surface area (TPSA) is 76.6 Å². The van der Waals surface area contributed by atoms with Crippen LogP contribution in [-0.2, 0) is 9.53 Å². The Hall–Kier alpha value is -1.89. The monoisotopic (exact) mass is 280 g/mol. The third kappa shape index (κ3) is 3.80. The second-order valence-corrected chi connectivity index (χ2v) is 4.48. The third-order valence-electron chi connectivity index (χ3n) is 2.96. The van der Waals surface area contributed by atoms with Crippen LogP contribution in [0, 0.1) is 0 Å². The first-order valence-corrected chi connectivity index (χ1v) is 6.78. The molecule has 0 spiro atoms. The van der Waals surface area contributed by atoms with E-state index in [2.05, 4.69) is 15.3 Å². The molecule has 2 rings (SSSR count). The minimum absolute atomic E-state index is 0.0388. The van der Waals surface area contributed by atoms with Gasteiger partial charge in [0, 0.05) is 13.1 Å². The van der Waals surface area contributed by atoms with Crippen LogP contribution in [0.2, 0.25) is 0 Å². The van der Waals surface area contributed by atoms with Crippen LogP contribution in [0.15, 0.2) is 12.4 Å². The van der Waals surface area contributed by atoms with E-state index in [1.807, 2.05) is 13.8 Å². The van der Waals surface area contributed by atoms with E-state index < -0.39 is 0 Å². The van der Waals surface area contributed by atoms with Gasteiger partial charge in [-0.25, -0.2) is 0 Å². The Morgan fingerprint density at radius 1 is 1.50 bits per heavy atom. The van der Waals surface area contributed by atoms with Gasteiger partial charge >= 0.3 is 0 Å². The minimum atomic E-state index is -0.362. The molecule has 110 valence electrons. The zero-order chi connectivity index (χ0) is 14.4. The molecule has 20 heavy (non-hydrogen) atoms. The van der Waals surface area contributed by atoms with Crippen molar-refractivity contribution in [3.05, 3.63) is 12.4 Å². The number of hydrogen-bond acceptors (Lipinski definition) is 6. The molecule has 1 aliphatic heterocycles. The SMILES string of the molecule is CCOc1cncc(NC(C)C(=O)N2CCOCC2)n1. The van der Waals surface area contributed by atoms with Gasteiger partial charge in [-0.15, -0.1) is 0 Å². The molecule has 0 radical (unpaired) electrons. The summed E-state index contributed by atoms with van der Waals surface area (Å²) in [6, 6.07) is -0.362. The number of rotatable bonds is 5. The standard InChI is InChI=1S/C13H20N4O3/c1-3-20-12-9-14-8-11(16-12)15-10(2)13(18)17-4-6-19-7-5-17/h8-10H,3-7H2,1-2H3,(H,15,16). The van der Waals surface area contributed by atoms with E-state index in [0.717, 1.165) is 0 Å². The van der Waals surface area contributed by atoms with Crippen molar-refractivity contribution in [2.24, 2.45) is 0 Å². The zero-order valence-corrected chi connectivity index (χ0v) is 11.8. The van der Waals surface area contributed by atoms with Gasteiger partial charge in [0.1, 0.15) is 11.9 Å². The summed E-state index contributed by atoms with van der Waals surface area (Å²) in [6.45, 7) is 6.68. The number of carbonyl (C=O) groups is 1. The lowest BCUT2D eigenvalue weighted by molar-refractivity contribution is -0.135. The number of aromatic nitrogens is 2. The van der Waals surface area contributed by atoms with Crippen LogP contribution in [0.5, 0.6) is 5.88 Å². The summed E-state index contributed by atoms with van der Waals surface area (Å²) >= 11 is 0. The highest BCUT2D eigenvalue weighted by molar-refractivity contribution is 5.84. The zero-order valence-electron chi connectivity index (χ0n) is 11.8. The van der Waals surface area contributed by atoms with Gasteiger partial charge in [-0.05, 0) is 13.8 Å². The maximum atomic E-state index is 12.2. The minimum Gasteiger partial charge on any atom is -0.477 e. The summed E-state index contributed by atoms with van der Waals surface area (Å²) in [6.07, 6.45) is 3.12. The summed E-state index contributed by atoms with van der Waals surface area (Å²) in [5, 5.41) is 3.05. The van der Waals surface area contributed by atoms with Gasteiger partial charge in [-0.3, -0.25) is 9.78 Å². The highest BCUT2D eigenvalue weighted by atomic mass is 16.5. The summed E-state index contributed by atoms with van der Waals surface area (Å²) in [5.74, 6) is 1.02. The normalized spacial score (nSPS) is 16.6. The van der Waals surface area contributed by atoms with Crippen molar-refractivity contribution in [2.45, 2.75) is 19.9 Å². The Labute approximate surface area is 118 Å². The smallest absolute Gasteiger partial charge is 0.244 e. The van der Waals surface area contributed by atoms with Gasteiger partial charge in [0.05, 0.1) is 32.2 Å². The van der Waals surface area contributed by atoms with Gasteiger partial charge in [0.25, 0.3) is 0 Å². The number of morpholine rings is 1. The summed E-state index contributed by atoms with van der Waals surface area (Å²) in [4.78, 5) is 22.3. The second-order valence-electron chi connectivity index (χ2n) is 4.48. The van der Waals surface area contributed by atoms with Crippen molar-refractivity contribution >= 4 is 11.7 Å². The molecule has 7 nitrogen and oxygen atoms in total. The molecule has 2 heterocycles. The van der Waals surface area contributed by atoms with Crippen LogP contribution < -0.4 is 10.1 Å². The molecule has 1 unspecified atom stereocenters. The van der Waals surface area contributed by atoms with E-state index in [1.54, 1.807) is 17.3 Å². The lowest BCUT2D eigenvalue weighted by atomic mass is 10.2. The van der Waals surface area contributed by atoms with Crippen molar-refractivity contribution < 1.29 is 14.3 Å². The van der Waals surface area contributed by atoms with Gasteiger partial charge < -0.3 is 19.7 Å². The van der Waals surface area contributed by atoms with Gasteiger partial charge in [-0.2, -0.15) is 4.98 Å². The molecule has 1 N–H and O–H groups in total. The predicted octanol–water partition coefficient (Wildman–Crippen LogP) is 0.534. The van der Waals surface area contributed by atoms with E-state index in [4.69, 9.17) is 9.47 Å². The first kappa shape index (κ1) is 14.5. The summed E-state index contributed by atoms with van der Waals surface area (Å²) in [7, 11) is 0. The van der Waals surface area contributed by atoms with E-state index in [-0.39, 0.29) is 11.9 Å². The van der Waals surface area contributed by atoms with Crippen LogP contribution in [0.3, 0.4) is 0 Å². The molecule has 0 bridgehead atoms. The lowest BCUT2D eigenvalue weighted by Crippen LogP contribution is -2.47. The van der Waals surface area contributed by atoms with Gasteiger partial charge in [0.2, 0.25) is 11.8 Å². The molecule has 1 amide bonds. The molecule has 1 atom stereocenters. The molecular weight excluding hydrogens is 260 g/mol. The average Bonchev–Trinajstić information content (AvgIpc) is 2.48. The molecule has 1 aromatic rings. The highest BCUT2D eigenvalue weighted by Gasteiger charge is 2.22. The van der Waals surface area contributed by atoms with Crippen LogP contribution in [0.4, 0.5) is 5.82 Å². The lowest BCUT2D eigenvalue weighted by Gasteiger charge is -2.29. The van der Waals surface area contributed by atoms with Crippen molar-refractivity contribution in [1.82, 2.24) is 14.9 Å². The van der Waals surface area contributed by atoms with Crippen LogP contribution in [0.25, 0.3) is 0 Å². The second kappa shape index (κ2) is 7.04. The quantitative estimate of drug-likeness (QED) is 0.848. The van der Waals surface area contributed by atoms with Crippen LogP contribution in [-0.4, -0.2) is 59.7 Å². The number of nitrogens with zero attached hydrogens (tertiary/aromatic N) is 3. The fourth-order valence-electron chi connectivity index (χ4n) is 1.98. The van der Waals surface area contributed by atoms with Gasteiger partial charge in [-0.1, -0.05) is 0 Å². The van der Waals surface area contributed by atoms with E-state index in [9.17, 15) is 4.79 Å². The Morgan fingerprint density at radius 2 is 2.25 bits per heavy atom. The van der Waals surface area contributed by atoms with Crippen molar-refractivity contribution in [3.8, 4) is 5.88 Å². The van der Waals surface area contributed by atoms with E-state index in [0.29, 0.717) is 44.6 Å². The summed E-state index contributed by atoms with van der Waals surface area (Å²) < 4.78 is 10.5. The first-order chi connectivity index (χ1) is 9.70. The molecule has 1 aliphatic rings. The maximum Gasteiger partial charge on any atom is 0.244 e. The Balaban J connectivity index is 1.94. The molecular formula is C13H20N4O3. The fraction of sp³-hybridized carbons (Fsp3) is 0.615. The van der Waals surface area contributed by atoms with Crippen LogP contribution in [0.1, 0.15) is 13.8 Å². The third-order valence-corrected chi connectivity index (χ3v) is 2.96. The van der Waals surface area contributed by atoms with Gasteiger partial charge in [0.15, 0.2) is 0 Å². The van der Waals surface area contributed by atoms with E-state index in [1.165, 1.54) is 0 Å². The molecule has 0 saturated carbocycles. The predicted molar refractivity (Wildman–Crippen MR) is 73.7 cm³/mol. The van der Waals surface area contributed by atoms with E-state index >= 15 is 0 Å². The average molecular weight is 280 g/mol. The summed E-state index contributed by atoms with van der Waals surface area (Å²) in [5.41, 5.74) is 0. The van der Waals surface area contributed by atoms with Crippen molar-refractivity contribution in [3.63, 3.8) is 0 Å². The molecule has 1 fully saturated rings. The Kier molecular flexibility index (Phi) is 5.11. The van der Waals surface area contributed by atoms with Crippen molar-refractivity contribution in [2.75, 3.05) is 38.2 Å².